The number of hydrogen-bond donors (Lipinski definition) is 3. The molecule has 3 aromatic carbocycles. The van der Waals surface area contributed by atoms with Gasteiger partial charge in [0, 0.05) is 42.2 Å². The van der Waals surface area contributed by atoms with E-state index in [-0.39, 0.29) is 13.0 Å². The van der Waals surface area contributed by atoms with Crippen LogP contribution in [0.2, 0.25) is 0 Å². The highest BCUT2D eigenvalue weighted by Crippen LogP contribution is 2.23. The molecule has 0 unspecified atom stereocenters. The first-order valence-electron chi connectivity index (χ1n) is 13.2. The summed E-state index contributed by atoms with van der Waals surface area (Å²) in [5.41, 5.74) is 4.13. The monoisotopic (exact) mass is 561 g/mol. The number of hydrogen-bond acceptors (Lipinski definition) is 5. The van der Waals surface area contributed by atoms with Gasteiger partial charge >= 0.3 is 0 Å². The SMILES string of the molecule is CCc1cccc(CNC[C@@H](O)[C@H](Cc2cc(F)cc(F)c2)NC(=O)c2cncc(SCc3ccccc3)c2)c1. The molecule has 0 spiro atoms. The fourth-order valence-electron chi connectivity index (χ4n) is 4.35. The van der Waals surface area contributed by atoms with E-state index in [4.69, 9.17) is 0 Å². The first-order chi connectivity index (χ1) is 19.4. The van der Waals surface area contributed by atoms with Crippen molar-refractivity contribution in [3.05, 3.63) is 131 Å². The summed E-state index contributed by atoms with van der Waals surface area (Å²) < 4.78 is 27.8. The highest BCUT2D eigenvalue weighted by Gasteiger charge is 2.23. The van der Waals surface area contributed by atoms with Crippen LogP contribution in [0.5, 0.6) is 0 Å². The van der Waals surface area contributed by atoms with E-state index >= 15 is 0 Å². The van der Waals surface area contributed by atoms with Crippen LogP contribution in [0.15, 0.2) is 96.2 Å². The van der Waals surface area contributed by atoms with Gasteiger partial charge in [-0.25, -0.2) is 8.78 Å². The second kappa shape index (κ2) is 14.7. The molecule has 1 heterocycles. The minimum absolute atomic E-state index is 0.0461. The molecule has 0 fully saturated rings. The highest BCUT2D eigenvalue weighted by atomic mass is 32.2. The van der Waals surface area contributed by atoms with E-state index in [0.717, 1.165) is 34.3 Å². The number of pyridine rings is 1. The molecule has 40 heavy (non-hydrogen) atoms. The van der Waals surface area contributed by atoms with Gasteiger partial charge in [-0.05, 0) is 53.3 Å². The number of nitrogens with zero attached hydrogens (tertiary/aromatic N) is 1. The van der Waals surface area contributed by atoms with Crippen molar-refractivity contribution in [1.82, 2.24) is 15.6 Å². The van der Waals surface area contributed by atoms with Crippen LogP contribution in [-0.4, -0.2) is 34.7 Å². The van der Waals surface area contributed by atoms with Gasteiger partial charge in [-0.2, -0.15) is 0 Å². The lowest BCUT2D eigenvalue weighted by Crippen LogP contribution is -2.48. The lowest BCUT2D eigenvalue weighted by Gasteiger charge is -2.25. The van der Waals surface area contributed by atoms with Crippen molar-refractivity contribution in [3.8, 4) is 0 Å². The van der Waals surface area contributed by atoms with Gasteiger partial charge in [-0.3, -0.25) is 9.78 Å². The Morgan fingerprint density at radius 3 is 2.38 bits per heavy atom. The van der Waals surface area contributed by atoms with E-state index in [1.165, 1.54) is 23.9 Å². The zero-order valence-corrected chi connectivity index (χ0v) is 23.1. The summed E-state index contributed by atoms with van der Waals surface area (Å²) >= 11 is 1.56. The van der Waals surface area contributed by atoms with Crippen molar-refractivity contribution in [1.29, 1.82) is 0 Å². The molecular weight excluding hydrogens is 528 g/mol. The lowest BCUT2D eigenvalue weighted by molar-refractivity contribution is 0.0829. The fraction of sp³-hybridized carbons (Fsp3) is 0.250. The van der Waals surface area contributed by atoms with E-state index in [2.05, 4.69) is 34.7 Å². The topological polar surface area (TPSA) is 74.2 Å². The van der Waals surface area contributed by atoms with Crippen molar-refractivity contribution in [2.24, 2.45) is 0 Å². The largest absolute Gasteiger partial charge is 0.390 e. The van der Waals surface area contributed by atoms with Crippen molar-refractivity contribution in [3.63, 3.8) is 0 Å². The number of aromatic nitrogens is 1. The maximum atomic E-state index is 13.9. The van der Waals surface area contributed by atoms with Gasteiger partial charge in [0.2, 0.25) is 0 Å². The maximum absolute atomic E-state index is 13.9. The van der Waals surface area contributed by atoms with Gasteiger partial charge in [0.15, 0.2) is 0 Å². The number of aryl methyl sites for hydroxylation is 1. The minimum atomic E-state index is -1.02. The Labute approximate surface area is 238 Å². The Hall–Kier alpha value is -3.59. The summed E-state index contributed by atoms with van der Waals surface area (Å²) in [6.45, 7) is 2.79. The fourth-order valence-corrected chi connectivity index (χ4v) is 5.22. The molecule has 0 saturated heterocycles. The molecular formula is C32H33F2N3O2S. The van der Waals surface area contributed by atoms with E-state index in [1.807, 2.05) is 42.5 Å². The van der Waals surface area contributed by atoms with Crippen molar-refractivity contribution >= 4 is 17.7 Å². The average molecular weight is 562 g/mol. The van der Waals surface area contributed by atoms with Gasteiger partial charge in [0.25, 0.3) is 5.91 Å². The van der Waals surface area contributed by atoms with E-state index in [0.29, 0.717) is 17.7 Å². The predicted molar refractivity (Wildman–Crippen MR) is 155 cm³/mol. The van der Waals surface area contributed by atoms with Crippen LogP contribution in [0, 0.1) is 11.6 Å². The summed E-state index contributed by atoms with van der Waals surface area (Å²) in [5.74, 6) is -1.12. The first kappa shape index (κ1) is 29.4. The molecule has 0 saturated carbocycles. The Morgan fingerprint density at radius 2 is 1.62 bits per heavy atom. The first-order valence-corrected chi connectivity index (χ1v) is 14.2. The molecule has 0 aliphatic rings. The van der Waals surface area contributed by atoms with Crippen molar-refractivity contribution in [2.45, 2.75) is 49.1 Å². The Bertz CT molecular complexity index is 1380. The maximum Gasteiger partial charge on any atom is 0.253 e. The normalized spacial score (nSPS) is 12.6. The van der Waals surface area contributed by atoms with Gasteiger partial charge in [-0.15, -0.1) is 11.8 Å². The summed E-state index contributed by atoms with van der Waals surface area (Å²) in [6.07, 6.45) is 3.11. The van der Waals surface area contributed by atoms with E-state index < -0.39 is 29.7 Å². The summed E-state index contributed by atoms with van der Waals surface area (Å²) in [4.78, 5) is 18.3. The second-order valence-electron chi connectivity index (χ2n) is 9.62. The smallest absolute Gasteiger partial charge is 0.253 e. The zero-order valence-electron chi connectivity index (χ0n) is 22.3. The number of aliphatic hydroxyl groups excluding tert-OH is 1. The number of halogens is 2. The molecule has 1 aromatic heterocycles. The molecule has 0 radical (unpaired) electrons. The van der Waals surface area contributed by atoms with Crippen LogP contribution in [0.4, 0.5) is 8.78 Å². The van der Waals surface area contributed by atoms with E-state index in [9.17, 15) is 18.7 Å². The van der Waals surface area contributed by atoms with Crippen LogP contribution < -0.4 is 10.6 Å². The number of amides is 1. The molecule has 8 heteroatoms. The highest BCUT2D eigenvalue weighted by molar-refractivity contribution is 7.98. The average Bonchev–Trinajstić information content (AvgIpc) is 2.96. The molecule has 5 nitrogen and oxygen atoms in total. The molecule has 0 bridgehead atoms. The standard InChI is InChI=1S/C32H33F2N3O2S/c1-2-22-9-6-10-24(11-22)17-35-20-31(38)30(14-25-12-27(33)16-28(34)13-25)37-32(39)26-15-29(19-36-18-26)40-21-23-7-4-3-5-8-23/h3-13,15-16,18-19,30-31,35,38H,2,14,17,20-21H2,1H3,(H,37,39)/t30-,31+/m0/s1. The van der Waals surface area contributed by atoms with Crippen LogP contribution >= 0.6 is 11.8 Å². The van der Waals surface area contributed by atoms with Crippen LogP contribution in [0.25, 0.3) is 0 Å². The van der Waals surface area contributed by atoms with Crippen LogP contribution in [-0.2, 0) is 25.1 Å². The Morgan fingerprint density at radius 1 is 0.900 bits per heavy atom. The van der Waals surface area contributed by atoms with Gasteiger partial charge in [0.05, 0.1) is 17.7 Å². The quantitative estimate of drug-likeness (QED) is 0.183. The third-order valence-electron chi connectivity index (χ3n) is 6.46. The van der Waals surface area contributed by atoms with Gasteiger partial charge < -0.3 is 15.7 Å². The lowest BCUT2D eigenvalue weighted by atomic mass is 10.00. The number of carbonyl (C=O) groups is 1. The zero-order chi connectivity index (χ0) is 28.3. The molecule has 4 aromatic rings. The Kier molecular flexibility index (Phi) is 10.8. The third-order valence-corrected chi connectivity index (χ3v) is 7.50. The predicted octanol–water partition coefficient (Wildman–Crippen LogP) is 5.71. The summed E-state index contributed by atoms with van der Waals surface area (Å²) in [7, 11) is 0. The number of benzene rings is 3. The van der Waals surface area contributed by atoms with E-state index in [1.54, 1.807) is 24.0 Å². The molecule has 0 aliphatic heterocycles. The molecule has 1 amide bonds. The number of aliphatic hydroxyl groups is 1. The number of carbonyl (C=O) groups excluding carboxylic acids is 1. The van der Waals surface area contributed by atoms with Crippen molar-refractivity contribution < 1.29 is 18.7 Å². The number of nitrogens with one attached hydrogen (secondary N) is 2. The number of rotatable bonds is 13. The van der Waals surface area contributed by atoms with Crippen LogP contribution in [0.3, 0.4) is 0 Å². The molecule has 208 valence electrons. The summed E-state index contributed by atoms with van der Waals surface area (Å²) in [6, 6.07) is 22.3. The minimum Gasteiger partial charge on any atom is -0.390 e. The summed E-state index contributed by atoms with van der Waals surface area (Å²) in [5, 5.41) is 17.2. The van der Waals surface area contributed by atoms with Gasteiger partial charge in [0.1, 0.15) is 11.6 Å². The van der Waals surface area contributed by atoms with Gasteiger partial charge in [-0.1, -0.05) is 61.5 Å². The number of thioether (sulfide) groups is 1. The third kappa shape index (κ3) is 8.98. The molecule has 0 aliphatic carbocycles. The molecule has 2 atom stereocenters. The second-order valence-corrected chi connectivity index (χ2v) is 10.7. The molecule has 3 N–H and O–H groups in total. The Balaban J connectivity index is 1.44. The van der Waals surface area contributed by atoms with Crippen molar-refractivity contribution in [2.75, 3.05) is 6.54 Å². The molecule has 4 rings (SSSR count). The van der Waals surface area contributed by atoms with Crippen LogP contribution in [0.1, 0.15) is 39.5 Å².